The number of hydrogen-bond acceptors (Lipinski definition) is 5. The Bertz CT molecular complexity index is 752. The Kier molecular flexibility index (Phi) is 5.02. The van der Waals surface area contributed by atoms with Crippen LogP contribution in [0.1, 0.15) is 39.5 Å². The minimum atomic E-state index is -0.776. The predicted molar refractivity (Wildman–Crippen MR) is 106 cm³/mol. The van der Waals surface area contributed by atoms with Crippen molar-refractivity contribution in [3.63, 3.8) is 0 Å². The Morgan fingerprint density at radius 2 is 2.04 bits per heavy atom. The van der Waals surface area contributed by atoms with Crippen LogP contribution in [0.5, 0.6) is 5.75 Å². The predicted octanol–water partition coefficient (Wildman–Crippen LogP) is 4.22. The summed E-state index contributed by atoms with van der Waals surface area (Å²) in [7, 11) is 1.66. The third-order valence-electron chi connectivity index (χ3n) is 6.66. The van der Waals surface area contributed by atoms with Crippen LogP contribution in [0, 0.1) is 17.8 Å². The first kappa shape index (κ1) is 18.9. The highest BCUT2D eigenvalue weighted by Crippen LogP contribution is 2.53. The van der Waals surface area contributed by atoms with Crippen LogP contribution in [0.2, 0.25) is 0 Å². The second kappa shape index (κ2) is 7.17. The zero-order valence-corrected chi connectivity index (χ0v) is 17.1. The molecule has 0 aromatic heterocycles. The van der Waals surface area contributed by atoms with Gasteiger partial charge in [0, 0.05) is 22.5 Å². The van der Waals surface area contributed by atoms with E-state index < -0.39 is 5.60 Å². The molecule has 1 heterocycles. The van der Waals surface area contributed by atoms with Crippen molar-refractivity contribution in [2.24, 2.45) is 17.8 Å². The topological polar surface area (TPSA) is 55.8 Å². The third kappa shape index (κ3) is 3.40. The first-order valence-corrected chi connectivity index (χ1v) is 10.8. The fourth-order valence-electron chi connectivity index (χ4n) is 5.09. The van der Waals surface area contributed by atoms with Gasteiger partial charge in [0.25, 0.3) is 0 Å². The van der Waals surface area contributed by atoms with Crippen molar-refractivity contribution in [3.05, 3.63) is 35.4 Å². The molecule has 27 heavy (non-hydrogen) atoms. The highest BCUT2D eigenvalue weighted by Gasteiger charge is 2.56. The monoisotopic (exact) mass is 388 g/mol. The van der Waals surface area contributed by atoms with Gasteiger partial charge in [-0.15, -0.1) is 11.8 Å². The number of rotatable bonds is 4. The molecule has 1 aliphatic heterocycles. The maximum Gasteiger partial charge on any atom is 0.310 e. The van der Waals surface area contributed by atoms with E-state index in [0.717, 1.165) is 42.1 Å². The highest BCUT2D eigenvalue weighted by molar-refractivity contribution is 7.99. The Labute approximate surface area is 165 Å². The van der Waals surface area contributed by atoms with E-state index in [1.165, 1.54) is 11.1 Å². The lowest BCUT2D eigenvalue weighted by molar-refractivity contribution is -0.147. The first-order valence-electron chi connectivity index (χ1n) is 9.79. The number of fused-ring (bicyclic) bond motifs is 3. The fourth-order valence-corrected chi connectivity index (χ4v) is 6.18. The zero-order chi connectivity index (χ0) is 19.2. The molecule has 1 saturated carbocycles. The van der Waals surface area contributed by atoms with Crippen LogP contribution in [0.3, 0.4) is 0 Å². The number of carbonyl (C=O) groups excluding carboxylic acids is 1. The number of methoxy groups -OCH3 is 1. The van der Waals surface area contributed by atoms with Gasteiger partial charge in [-0.3, -0.25) is 4.79 Å². The van der Waals surface area contributed by atoms with Gasteiger partial charge in [-0.2, -0.15) is 0 Å². The molecule has 0 bridgehead atoms. The van der Waals surface area contributed by atoms with Crippen molar-refractivity contribution in [1.82, 2.24) is 0 Å². The van der Waals surface area contributed by atoms with Crippen molar-refractivity contribution in [2.75, 3.05) is 12.9 Å². The molecule has 2 fully saturated rings. The molecule has 0 spiro atoms. The van der Waals surface area contributed by atoms with Crippen LogP contribution in [0.15, 0.2) is 40.3 Å². The Morgan fingerprint density at radius 1 is 1.30 bits per heavy atom. The van der Waals surface area contributed by atoms with E-state index in [9.17, 15) is 9.90 Å². The highest BCUT2D eigenvalue weighted by atomic mass is 32.2. The summed E-state index contributed by atoms with van der Waals surface area (Å²) in [4.78, 5) is 13.8. The van der Waals surface area contributed by atoms with E-state index in [4.69, 9.17) is 9.47 Å². The molecule has 4 nitrogen and oxygen atoms in total. The second-order valence-corrected chi connectivity index (χ2v) is 9.43. The van der Waals surface area contributed by atoms with Gasteiger partial charge in [0.05, 0.1) is 18.6 Å². The Hall–Kier alpha value is -1.46. The van der Waals surface area contributed by atoms with Gasteiger partial charge in [-0.1, -0.05) is 11.1 Å². The van der Waals surface area contributed by atoms with Crippen LogP contribution >= 0.6 is 11.8 Å². The summed E-state index contributed by atoms with van der Waals surface area (Å²) in [6.07, 6.45) is 3.48. The molecular weight excluding hydrogens is 360 g/mol. The second-order valence-electron chi connectivity index (χ2n) is 8.34. The van der Waals surface area contributed by atoms with Crippen LogP contribution in [0.25, 0.3) is 0 Å². The maximum absolute atomic E-state index is 12.7. The molecular formula is C22H28O4S. The number of allylic oxidation sites excluding steroid dienone is 1. The first-order chi connectivity index (χ1) is 12.9. The number of thioether (sulfide) groups is 1. The third-order valence-corrected chi connectivity index (χ3v) is 7.79. The van der Waals surface area contributed by atoms with E-state index in [0.29, 0.717) is 0 Å². The Morgan fingerprint density at radius 3 is 2.74 bits per heavy atom. The van der Waals surface area contributed by atoms with Gasteiger partial charge in [-0.05, 0) is 63.8 Å². The summed E-state index contributed by atoms with van der Waals surface area (Å²) in [5, 5.41) is 11.0. The summed E-state index contributed by atoms with van der Waals surface area (Å²) in [5.74, 6) is 1.50. The number of aliphatic hydroxyl groups is 1. The van der Waals surface area contributed by atoms with Crippen LogP contribution in [-0.2, 0) is 9.53 Å². The summed E-state index contributed by atoms with van der Waals surface area (Å²) in [6.45, 7) is 4.10. The van der Waals surface area contributed by atoms with Crippen molar-refractivity contribution < 1.29 is 19.4 Å². The molecule has 1 aromatic carbocycles. The lowest BCUT2D eigenvalue weighted by atomic mass is 9.78. The quantitative estimate of drug-likeness (QED) is 0.476. The van der Waals surface area contributed by atoms with Crippen molar-refractivity contribution in [3.8, 4) is 5.75 Å². The van der Waals surface area contributed by atoms with Gasteiger partial charge < -0.3 is 14.6 Å². The molecule has 3 aliphatic rings. The summed E-state index contributed by atoms with van der Waals surface area (Å²) < 4.78 is 11.1. The van der Waals surface area contributed by atoms with Gasteiger partial charge >= 0.3 is 5.97 Å². The molecule has 2 aliphatic carbocycles. The minimum Gasteiger partial charge on any atom is -0.497 e. The summed E-state index contributed by atoms with van der Waals surface area (Å²) >= 11 is 1.70. The normalized spacial score (nSPS) is 35.5. The SMILES string of the molecule is COc1ccc(SC[C@@H]2C(=O)O[C@H]3[C@H]2CCC(C)=C2CC[C@@](C)(O)[C@@H]23)cc1. The van der Waals surface area contributed by atoms with E-state index in [1.807, 2.05) is 31.2 Å². The minimum absolute atomic E-state index is 0.0371. The van der Waals surface area contributed by atoms with E-state index in [2.05, 4.69) is 6.92 Å². The average Bonchev–Trinajstić information content (AvgIpc) is 3.08. The van der Waals surface area contributed by atoms with Gasteiger partial charge in [0.1, 0.15) is 11.9 Å². The summed E-state index contributed by atoms with van der Waals surface area (Å²) in [5.41, 5.74) is 1.95. The average molecular weight is 389 g/mol. The van der Waals surface area contributed by atoms with Crippen molar-refractivity contribution in [1.29, 1.82) is 0 Å². The smallest absolute Gasteiger partial charge is 0.310 e. The molecule has 4 rings (SSSR count). The van der Waals surface area contributed by atoms with E-state index >= 15 is 0 Å². The lowest BCUT2D eigenvalue weighted by Gasteiger charge is -2.32. The van der Waals surface area contributed by atoms with Gasteiger partial charge in [0.2, 0.25) is 0 Å². The summed E-state index contributed by atoms with van der Waals surface area (Å²) in [6, 6.07) is 7.94. The lowest BCUT2D eigenvalue weighted by Crippen LogP contribution is -2.41. The number of ether oxygens (including phenoxy) is 2. The van der Waals surface area contributed by atoms with Crippen LogP contribution < -0.4 is 4.74 Å². The van der Waals surface area contributed by atoms with Crippen molar-refractivity contribution >= 4 is 17.7 Å². The fraction of sp³-hybridized carbons (Fsp3) is 0.591. The van der Waals surface area contributed by atoms with Crippen molar-refractivity contribution in [2.45, 2.75) is 56.1 Å². The molecule has 1 saturated heterocycles. The van der Waals surface area contributed by atoms with E-state index in [1.54, 1.807) is 18.9 Å². The number of esters is 1. The van der Waals surface area contributed by atoms with Crippen LogP contribution in [0.4, 0.5) is 0 Å². The molecule has 1 N–H and O–H groups in total. The zero-order valence-electron chi connectivity index (χ0n) is 16.2. The Balaban J connectivity index is 1.52. The number of carbonyl (C=O) groups is 1. The number of benzene rings is 1. The van der Waals surface area contributed by atoms with Gasteiger partial charge in [0.15, 0.2) is 0 Å². The largest absolute Gasteiger partial charge is 0.497 e. The molecule has 0 radical (unpaired) electrons. The van der Waals surface area contributed by atoms with E-state index in [-0.39, 0.29) is 29.8 Å². The molecule has 0 unspecified atom stereocenters. The molecule has 5 atom stereocenters. The standard InChI is InChI=1S/C22H28O4S/c1-13-4-9-17-18(12-27-15-7-5-14(25-3)6-8-15)21(23)26-20(17)19-16(13)10-11-22(19,2)24/h5-8,17-20,24H,4,9-12H2,1-3H3/t17-,18-,19-,20-,22+/m0/s1. The maximum atomic E-state index is 12.7. The molecule has 5 heteroatoms. The van der Waals surface area contributed by atoms with Gasteiger partial charge in [-0.25, -0.2) is 0 Å². The molecule has 0 amide bonds. The van der Waals surface area contributed by atoms with Crippen LogP contribution in [-0.4, -0.2) is 35.6 Å². The molecule has 1 aromatic rings. The molecule has 146 valence electrons. The number of hydrogen-bond donors (Lipinski definition) is 1.